The Kier molecular flexibility index (Phi) is 4.86. The van der Waals surface area contributed by atoms with E-state index in [1.807, 2.05) is 12.1 Å². The lowest BCUT2D eigenvalue weighted by atomic mass is 10.2. The van der Waals surface area contributed by atoms with Crippen molar-refractivity contribution in [3.63, 3.8) is 0 Å². The van der Waals surface area contributed by atoms with E-state index in [0.29, 0.717) is 0 Å². The van der Waals surface area contributed by atoms with Gasteiger partial charge in [-0.15, -0.1) is 0 Å². The van der Waals surface area contributed by atoms with E-state index in [1.165, 1.54) is 18.7 Å². The maximum atomic E-state index is 6.28. The van der Waals surface area contributed by atoms with Crippen LogP contribution < -0.4 is 0 Å². The molecule has 4 heteroatoms. The van der Waals surface area contributed by atoms with Crippen molar-refractivity contribution in [1.82, 2.24) is 9.80 Å². The van der Waals surface area contributed by atoms with E-state index in [4.69, 9.17) is 11.6 Å². The van der Waals surface area contributed by atoms with Gasteiger partial charge in [0.1, 0.15) is 0 Å². The minimum absolute atomic E-state index is 0.852. The molecule has 0 N–H and O–H groups in total. The van der Waals surface area contributed by atoms with Gasteiger partial charge in [0, 0.05) is 37.2 Å². The van der Waals surface area contributed by atoms with Crippen LogP contribution in [0.25, 0.3) is 0 Å². The van der Waals surface area contributed by atoms with E-state index >= 15 is 0 Å². The highest BCUT2D eigenvalue weighted by molar-refractivity contribution is 9.10. The minimum Gasteiger partial charge on any atom is -0.301 e. The van der Waals surface area contributed by atoms with Crippen LogP contribution >= 0.6 is 27.5 Å². The van der Waals surface area contributed by atoms with Crippen LogP contribution in [0.2, 0.25) is 5.02 Å². The first-order valence-corrected chi connectivity index (χ1v) is 7.25. The Hall–Kier alpha value is -0.0900. The first-order chi connectivity index (χ1) is 8.20. The third-order valence-electron chi connectivity index (χ3n) is 3.34. The molecule has 0 unspecified atom stereocenters. The number of rotatable bonds is 3. The molecule has 1 aliphatic rings. The third-order valence-corrected chi connectivity index (χ3v) is 4.67. The van der Waals surface area contributed by atoms with Crippen LogP contribution in [0.15, 0.2) is 22.7 Å². The summed E-state index contributed by atoms with van der Waals surface area (Å²) in [5.74, 6) is 0. The van der Waals surface area contributed by atoms with Gasteiger partial charge in [-0.3, -0.25) is 4.90 Å². The Labute approximate surface area is 117 Å². The molecule has 0 aromatic heterocycles. The molecule has 17 heavy (non-hydrogen) atoms. The van der Waals surface area contributed by atoms with Crippen LogP contribution in [-0.2, 0) is 6.54 Å². The molecular weight excluding hydrogens is 300 g/mol. The lowest BCUT2D eigenvalue weighted by Crippen LogP contribution is -2.45. The zero-order valence-electron chi connectivity index (χ0n) is 10.1. The molecule has 1 aliphatic heterocycles. The lowest BCUT2D eigenvalue weighted by Gasteiger charge is -2.34. The molecule has 2 nitrogen and oxygen atoms in total. The zero-order valence-corrected chi connectivity index (χ0v) is 12.5. The van der Waals surface area contributed by atoms with Crippen LogP contribution in [0.4, 0.5) is 0 Å². The summed E-state index contributed by atoms with van der Waals surface area (Å²) in [5.41, 5.74) is 1.21. The maximum absolute atomic E-state index is 6.28. The van der Waals surface area contributed by atoms with Crippen molar-refractivity contribution >= 4 is 27.5 Å². The SMILES string of the molecule is CCN1CCN(Cc2cccc(Br)c2Cl)CC1. The first-order valence-electron chi connectivity index (χ1n) is 6.08. The summed E-state index contributed by atoms with van der Waals surface area (Å²) in [4.78, 5) is 4.96. The average molecular weight is 318 g/mol. The molecule has 94 valence electrons. The molecule has 0 aliphatic carbocycles. The Morgan fingerprint density at radius 2 is 1.82 bits per heavy atom. The second-order valence-electron chi connectivity index (χ2n) is 4.42. The summed E-state index contributed by atoms with van der Waals surface area (Å²) in [6, 6.07) is 6.15. The molecule has 1 saturated heterocycles. The number of likely N-dealkylation sites (N-methyl/N-ethyl adjacent to an activating group) is 1. The number of piperazine rings is 1. The van der Waals surface area contributed by atoms with E-state index in [0.717, 1.165) is 35.7 Å². The fourth-order valence-corrected chi connectivity index (χ4v) is 2.77. The lowest BCUT2D eigenvalue weighted by molar-refractivity contribution is 0.132. The topological polar surface area (TPSA) is 6.48 Å². The van der Waals surface area contributed by atoms with Gasteiger partial charge >= 0.3 is 0 Å². The van der Waals surface area contributed by atoms with Crippen molar-refractivity contribution in [3.05, 3.63) is 33.3 Å². The van der Waals surface area contributed by atoms with Crippen LogP contribution in [0, 0.1) is 0 Å². The quantitative estimate of drug-likeness (QED) is 0.844. The first kappa shape index (κ1) is 13.3. The van der Waals surface area contributed by atoms with E-state index in [2.05, 4.69) is 38.7 Å². The Morgan fingerprint density at radius 3 is 2.47 bits per heavy atom. The molecular formula is C13H18BrClN2. The minimum atomic E-state index is 0.852. The van der Waals surface area contributed by atoms with Crippen molar-refractivity contribution in [2.75, 3.05) is 32.7 Å². The Bertz CT molecular complexity index is 376. The summed E-state index contributed by atoms with van der Waals surface area (Å²) in [6.45, 7) is 8.94. The summed E-state index contributed by atoms with van der Waals surface area (Å²) >= 11 is 9.76. The molecule has 1 fully saturated rings. The van der Waals surface area contributed by atoms with Crippen molar-refractivity contribution in [1.29, 1.82) is 0 Å². The fraction of sp³-hybridized carbons (Fsp3) is 0.538. The largest absolute Gasteiger partial charge is 0.301 e. The number of benzene rings is 1. The summed E-state index contributed by atoms with van der Waals surface area (Å²) in [6.07, 6.45) is 0. The highest BCUT2D eigenvalue weighted by Crippen LogP contribution is 2.27. The summed E-state index contributed by atoms with van der Waals surface area (Å²) < 4.78 is 0.990. The molecule has 1 aromatic rings. The summed E-state index contributed by atoms with van der Waals surface area (Å²) in [7, 11) is 0. The van der Waals surface area contributed by atoms with Gasteiger partial charge in [-0.05, 0) is 34.1 Å². The third kappa shape index (κ3) is 3.44. The fourth-order valence-electron chi connectivity index (χ4n) is 2.18. The molecule has 0 bridgehead atoms. The number of hydrogen-bond acceptors (Lipinski definition) is 2. The molecule has 1 heterocycles. The number of halogens is 2. The van der Waals surface area contributed by atoms with Crippen LogP contribution in [-0.4, -0.2) is 42.5 Å². The number of hydrogen-bond donors (Lipinski definition) is 0. The van der Waals surface area contributed by atoms with Crippen molar-refractivity contribution in [2.45, 2.75) is 13.5 Å². The van der Waals surface area contributed by atoms with Crippen molar-refractivity contribution in [2.24, 2.45) is 0 Å². The highest BCUT2D eigenvalue weighted by atomic mass is 79.9. The summed E-state index contributed by atoms with van der Waals surface area (Å²) in [5, 5.41) is 0.852. The van der Waals surface area contributed by atoms with Gasteiger partial charge < -0.3 is 4.90 Å². The Morgan fingerprint density at radius 1 is 1.18 bits per heavy atom. The predicted molar refractivity (Wildman–Crippen MR) is 76.5 cm³/mol. The Balaban J connectivity index is 1.95. The van der Waals surface area contributed by atoms with Gasteiger partial charge in [0.15, 0.2) is 0 Å². The molecule has 2 rings (SSSR count). The van der Waals surface area contributed by atoms with Gasteiger partial charge in [-0.25, -0.2) is 0 Å². The predicted octanol–water partition coefficient (Wildman–Crippen LogP) is 3.24. The van der Waals surface area contributed by atoms with Crippen molar-refractivity contribution in [3.8, 4) is 0 Å². The van der Waals surface area contributed by atoms with Crippen molar-refractivity contribution < 1.29 is 0 Å². The van der Waals surface area contributed by atoms with E-state index in [1.54, 1.807) is 0 Å². The molecule has 1 aromatic carbocycles. The smallest absolute Gasteiger partial charge is 0.0593 e. The van der Waals surface area contributed by atoms with Gasteiger partial charge in [0.25, 0.3) is 0 Å². The second-order valence-corrected chi connectivity index (χ2v) is 5.66. The molecule has 0 radical (unpaired) electrons. The molecule has 0 saturated carbocycles. The highest BCUT2D eigenvalue weighted by Gasteiger charge is 2.16. The van der Waals surface area contributed by atoms with Crippen LogP contribution in [0.3, 0.4) is 0 Å². The van der Waals surface area contributed by atoms with Crippen LogP contribution in [0.5, 0.6) is 0 Å². The zero-order chi connectivity index (χ0) is 12.3. The van der Waals surface area contributed by atoms with E-state index in [-0.39, 0.29) is 0 Å². The van der Waals surface area contributed by atoms with Gasteiger partial charge in [0.05, 0.1) is 5.02 Å². The van der Waals surface area contributed by atoms with E-state index in [9.17, 15) is 0 Å². The normalized spacial score (nSPS) is 18.5. The standard InChI is InChI=1S/C13H18BrClN2/c1-2-16-6-8-17(9-7-16)10-11-4-3-5-12(14)13(11)15/h3-5H,2,6-10H2,1H3. The maximum Gasteiger partial charge on any atom is 0.0593 e. The average Bonchev–Trinajstić information content (AvgIpc) is 2.36. The van der Waals surface area contributed by atoms with Gasteiger partial charge in [-0.1, -0.05) is 30.7 Å². The molecule has 0 amide bonds. The van der Waals surface area contributed by atoms with Gasteiger partial charge in [0.2, 0.25) is 0 Å². The second kappa shape index (κ2) is 6.19. The molecule has 0 atom stereocenters. The molecule has 0 spiro atoms. The van der Waals surface area contributed by atoms with Crippen LogP contribution in [0.1, 0.15) is 12.5 Å². The van der Waals surface area contributed by atoms with Gasteiger partial charge in [-0.2, -0.15) is 0 Å². The monoisotopic (exact) mass is 316 g/mol. The number of nitrogens with zero attached hydrogens (tertiary/aromatic N) is 2. The van der Waals surface area contributed by atoms with E-state index < -0.39 is 0 Å².